The van der Waals surface area contributed by atoms with Gasteiger partial charge in [0.25, 0.3) is 0 Å². The molecule has 6 heteroatoms. The van der Waals surface area contributed by atoms with E-state index in [1.54, 1.807) is 11.3 Å². The predicted molar refractivity (Wildman–Crippen MR) is 84.4 cm³/mol. The molecule has 114 valence electrons. The number of thiophene rings is 1. The second kappa shape index (κ2) is 7.15. The number of hydrogen-bond acceptors (Lipinski definition) is 6. The van der Waals surface area contributed by atoms with E-state index >= 15 is 0 Å². The van der Waals surface area contributed by atoms with Crippen molar-refractivity contribution in [3.8, 4) is 10.7 Å². The zero-order valence-electron chi connectivity index (χ0n) is 12.4. The van der Waals surface area contributed by atoms with Crippen LogP contribution in [0.15, 0.2) is 22.0 Å². The van der Waals surface area contributed by atoms with Crippen molar-refractivity contribution in [2.24, 2.45) is 5.92 Å². The fourth-order valence-corrected chi connectivity index (χ4v) is 3.54. The summed E-state index contributed by atoms with van der Waals surface area (Å²) >= 11 is 1.64. The van der Waals surface area contributed by atoms with Gasteiger partial charge in [-0.2, -0.15) is 4.98 Å². The first-order valence-electron chi connectivity index (χ1n) is 7.58. The number of nitrogens with one attached hydrogen (secondary N) is 1. The highest BCUT2D eigenvalue weighted by atomic mass is 32.1. The van der Waals surface area contributed by atoms with Crippen molar-refractivity contribution >= 4 is 11.3 Å². The molecule has 1 unspecified atom stereocenters. The van der Waals surface area contributed by atoms with Crippen molar-refractivity contribution in [1.82, 2.24) is 20.4 Å². The Hall–Kier alpha value is -1.24. The quantitative estimate of drug-likeness (QED) is 0.850. The van der Waals surface area contributed by atoms with Gasteiger partial charge in [0.05, 0.1) is 4.88 Å². The van der Waals surface area contributed by atoms with Crippen LogP contribution in [0.25, 0.3) is 10.7 Å². The fraction of sp³-hybridized carbons (Fsp3) is 0.600. The third-order valence-corrected chi connectivity index (χ3v) is 4.80. The van der Waals surface area contributed by atoms with Gasteiger partial charge in [-0.15, -0.1) is 11.3 Å². The lowest BCUT2D eigenvalue weighted by atomic mass is 10.1. The summed E-state index contributed by atoms with van der Waals surface area (Å²) in [5.41, 5.74) is 0. The SMILES string of the molecule is CNCC1CCN(CCCc2nc(-c3cccs3)no2)C1. The van der Waals surface area contributed by atoms with Crippen LogP contribution in [0.4, 0.5) is 0 Å². The van der Waals surface area contributed by atoms with Crippen LogP contribution < -0.4 is 5.32 Å². The predicted octanol–water partition coefficient (Wildman–Crippen LogP) is 2.27. The molecule has 1 aliphatic heterocycles. The maximum atomic E-state index is 5.33. The van der Waals surface area contributed by atoms with Crippen LogP contribution in [-0.2, 0) is 6.42 Å². The summed E-state index contributed by atoms with van der Waals surface area (Å²) < 4.78 is 5.33. The summed E-state index contributed by atoms with van der Waals surface area (Å²) in [5.74, 6) is 2.28. The minimum absolute atomic E-state index is 0.718. The molecule has 0 spiro atoms. The van der Waals surface area contributed by atoms with E-state index in [0.717, 1.165) is 48.4 Å². The van der Waals surface area contributed by atoms with Gasteiger partial charge in [-0.1, -0.05) is 11.2 Å². The van der Waals surface area contributed by atoms with Crippen LogP contribution in [-0.4, -0.2) is 48.3 Å². The molecule has 0 aliphatic carbocycles. The molecule has 1 atom stereocenters. The summed E-state index contributed by atoms with van der Waals surface area (Å²) in [6, 6.07) is 4.02. The normalized spacial score (nSPS) is 19.4. The maximum Gasteiger partial charge on any atom is 0.227 e. The average Bonchev–Trinajstić information content (AvgIpc) is 3.20. The Balaban J connectivity index is 1.42. The molecule has 1 fully saturated rings. The van der Waals surface area contributed by atoms with E-state index in [4.69, 9.17) is 4.52 Å². The highest BCUT2D eigenvalue weighted by molar-refractivity contribution is 7.13. The van der Waals surface area contributed by atoms with Gasteiger partial charge in [-0.05, 0) is 56.9 Å². The molecule has 0 bridgehead atoms. The molecule has 1 N–H and O–H groups in total. The zero-order valence-corrected chi connectivity index (χ0v) is 13.2. The number of hydrogen-bond donors (Lipinski definition) is 1. The van der Waals surface area contributed by atoms with Gasteiger partial charge in [0.2, 0.25) is 11.7 Å². The molecule has 3 rings (SSSR count). The molecule has 0 radical (unpaired) electrons. The van der Waals surface area contributed by atoms with E-state index < -0.39 is 0 Å². The zero-order chi connectivity index (χ0) is 14.5. The molecule has 21 heavy (non-hydrogen) atoms. The lowest BCUT2D eigenvalue weighted by Gasteiger charge is -2.15. The van der Waals surface area contributed by atoms with Gasteiger partial charge >= 0.3 is 0 Å². The van der Waals surface area contributed by atoms with E-state index in [1.165, 1.54) is 19.5 Å². The van der Waals surface area contributed by atoms with Crippen molar-refractivity contribution in [1.29, 1.82) is 0 Å². The van der Waals surface area contributed by atoms with Crippen LogP contribution in [0.3, 0.4) is 0 Å². The highest BCUT2D eigenvalue weighted by Crippen LogP contribution is 2.21. The fourth-order valence-electron chi connectivity index (χ4n) is 2.89. The molecule has 0 amide bonds. The topological polar surface area (TPSA) is 54.2 Å². The highest BCUT2D eigenvalue weighted by Gasteiger charge is 2.21. The molecular formula is C15H22N4OS. The van der Waals surface area contributed by atoms with Crippen LogP contribution in [0.2, 0.25) is 0 Å². The lowest BCUT2D eigenvalue weighted by molar-refractivity contribution is 0.307. The third-order valence-electron chi connectivity index (χ3n) is 3.94. The lowest BCUT2D eigenvalue weighted by Crippen LogP contribution is -2.25. The van der Waals surface area contributed by atoms with E-state index in [2.05, 4.69) is 20.4 Å². The van der Waals surface area contributed by atoms with Gasteiger partial charge in [0.15, 0.2) is 0 Å². The van der Waals surface area contributed by atoms with E-state index in [1.807, 2.05) is 24.6 Å². The Morgan fingerprint density at radius 1 is 1.52 bits per heavy atom. The Morgan fingerprint density at radius 2 is 2.48 bits per heavy atom. The molecule has 0 saturated carbocycles. The number of aryl methyl sites for hydroxylation is 1. The summed E-state index contributed by atoms with van der Waals surface area (Å²) in [5, 5.41) is 9.35. The number of rotatable bonds is 7. The monoisotopic (exact) mass is 306 g/mol. The minimum atomic E-state index is 0.718. The van der Waals surface area contributed by atoms with E-state index in [-0.39, 0.29) is 0 Å². The average molecular weight is 306 g/mol. The van der Waals surface area contributed by atoms with Crippen molar-refractivity contribution in [3.05, 3.63) is 23.4 Å². The Bertz CT molecular complexity index is 540. The summed E-state index contributed by atoms with van der Waals surface area (Å²) in [6.45, 7) is 4.68. The smallest absolute Gasteiger partial charge is 0.227 e. The minimum Gasteiger partial charge on any atom is -0.339 e. The van der Waals surface area contributed by atoms with Crippen LogP contribution in [0, 0.1) is 5.92 Å². The van der Waals surface area contributed by atoms with Crippen molar-refractivity contribution in [2.75, 3.05) is 33.2 Å². The van der Waals surface area contributed by atoms with Crippen LogP contribution in [0.5, 0.6) is 0 Å². The number of nitrogens with zero attached hydrogens (tertiary/aromatic N) is 3. The Labute approximate surface area is 129 Å². The molecule has 1 saturated heterocycles. The third kappa shape index (κ3) is 3.90. The van der Waals surface area contributed by atoms with Crippen LogP contribution >= 0.6 is 11.3 Å². The molecule has 5 nitrogen and oxygen atoms in total. The standard InChI is InChI=1S/C15H22N4OS/c1-16-10-12-6-8-19(11-12)7-2-5-14-17-15(18-20-14)13-4-3-9-21-13/h3-4,9,12,16H,2,5-8,10-11H2,1H3. The summed E-state index contributed by atoms with van der Waals surface area (Å²) in [4.78, 5) is 8.07. The molecular weight excluding hydrogens is 284 g/mol. The van der Waals surface area contributed by atoms with Gasteiger partial charge in [0, 0.05) is 13.0 Å². The largest absolute Gasteiger partial charge is 0.339 e. The first kappa shape index (κ1) is 14.7. The van der Waals surface area contributed by atoms with Gasteiger partial charge in [-0.3, -0.25) is 0 Å². The van der Waals surface area contributed by atoms with E-state index in [0.29, 0.717) is 0 Å². The molecule has 0 aromatic carbocycles. The summed E-state index contributed by atoms with van der Waals surface area (Å²) in [7, 11) is 2.03. The molecule has 2 aromatic heterocycles. The Kier molecular flexibility index (Phi) is 5.00. The second-order valence-electron chi connectivity index (χ2n) is 5.61. The molecule has 2 aromatic rings. The van der Waals surface area contributed by atoms with Crippen molar-refractivity contribution < 1.29 is 4.52 Å². The molecule has 1 aliphatic rings. The number of likely N-dealkylation sites (tertiary alicyclic amines) is 1. The van der Waals surface area contributed by atoms with Gasteiger partial charge in [-0.25, -0.2) is 0 Å². The Morgan fingerprint density at radius 3 is 3.29 bits per heavy atom. The molecule has 3 heterocycles. The second-order valence-corrected chi connectivity index (χ2v) is 6.55. The van der Waals surface area contributed by atoms with Gasteiger partial charge < -0.3 is 14.7 Å². The van der Waals surface area contributed by atoms with E-state index in [9.17, 15) is 0 Å². The maximum absolute atomic E-state index is 5.33. The van der Waals surface area contributed by atoms with Gasteiger partial charge in [0.1, 0.15) is 0 Å². The first-order chi connectivity index (χ1) is 10.3. The first-order valence-corrected chi connectivity index (χ1v) is 8.46. The van der Waals surface area contributed by atoms with Crippen molar-refractivity contribution in [2.45, 2.75) is 19.3 Å². The van der Waals surface area contributed by atoms with Crippen molar-refractivity contribution in [3.63, 3.8) is 0 Å². The van der Waals surface area contributed by atoms with Crippen LogP contribution in [0.1, 0.15) is 18.7 Å². The summed E-state index contributed by atoms with van der Waals surface area (Å²) in [6.07, 6.45) is 3.26. The number of aromatic nitrogens is 2.